The molecule has 0 bridgehead atoms. The average Bonchev–Trinajstić information content (AvgIpc) is 3.19. The van der Waals surface area contributed by atoms with Crippen molar-refractivity contribution in [1.82, 2.24) is 9.62 Å². The normalized spacial score (nSPS) is 14.9. The maximum absolute atomic E-state index is 12.5. The molecule has 2 aromatic rings. The maximum atomic E-state index is 12.5. The molecule has 1 amide bonds. The predicted octanol–water partition coefficient (Wildman–Crippen LogP) is 3.25. The van der Waals surface area contributed by atoms with Gasteiger partial charge in [0.05, 0.1) is 12.2 Å². The molecule has 1 aliphatic rings. The van der Waals surface area contributed by atoms with Crippen molar-refractivity contribution in [2.24, 2.45) is 0 Å². The molecule has 0 atom stereocenters. The molecule has 3 rings (SSSR count). The van der Waals surface area contributed by atoms with E-state index in [-0.39, 0.29) is 16.7 Å². The minimum Gasteiger partial charge on any atom is -0.494 e. The lowest BCUT2D eigenvalue weighted by atomic mass is 10.1. The van der Waals surface area contributed by atoms with Gasteiger partial charge in [0.2, 0.25) is 10.0 Å². The molecule has 146 valence electrons. The van der Waals surface area contributed by atoms with E-state index in [0.717, 1.165) is 55.0 Å². The summed E-state index contributed by atoms with van der Waals surface area (Å²) in [6, 6.07) is 8.75. The summed E-state index contributed by atoms with van der Waals surface area (Å²) < 4.78 is 33.2. The quantitative estimate of drug-likeness (QED) is 0.763. The number of nitrogens with one attached hydrogen (secondary N) is 1. The average molecular weight is 409 g/mol. The Morgan fingerprint density at radius 2 is 1.89 bits per heavy atom. The van der Waals surface area contributed by atoms with Crippen LogP contribution >= 0.6 is 11.3 Å². The number of piperidine rings is 1. The number of nitrogens with zero attached hydrogens (tertiary/aromatic N) is 1. The van der Waals surface area contributed by atoms with Gasteiger partial charge >= 0.3 is 0 Å². The Bertz CT molecular complexity index is 869. The van der Waals surface area contributed by atoms with Crippen molar-refractivity contribution in [3.05, 3.63) is 46.8 Å². The monoisotopic (exact) mass is 408 g/mol. The number of benzene rings is 1. The van der Waals surface area contributed by atoms with Crippen LogP contribution in [-0.2, 0) is 16.6 Å². The van der Waals surface area contributed by atoms with Crippen molar-refractivity contribution in [2.75, 3.05) is 19.7 Å². The second-order valence-electron chi connectivity index (χ2n) is 6.41. The van der Waals surface area contributed by atoms with Crippen LogP contribution in [0.15, 0.2) is 39.9 Å². The van der Waals surface area contributed by atoms with E-state index >= 15 is 0 Å². The highest BCUT2D eigenvalue weighted by Crippen LogP contribution is 2.23. The van der Waals surface area contributed by atoms with Crippen molar-refractivity contribution < 1.29 is 17.9 Å². The number of likely N-dealkylation sites (tertiary alicyclic amines) is 1. The highest BCUT2D eigenvalue weighted by Gasteiger charge is 2.23. The zero-order valence-corrected chi connectivity index (χ0v) is 16.9. The van der Waals surface area contributed by atoms with Crippen LogP contribution < -0.4 is 9.46 Å². The molecule has 0 saturated carbocycles. The first-order chi connectivity index (χ1) is 13.0. The maximum Gasteiger partial charge on any atom is 0.254 e. The van der Waals surface area contributed by atoms with Gasteiger partial charge in [-0.2, -0.15) is 0 Å². The smallest absolute Gasteiger partial charge is 0.254 e. The first kappa shape index (κ1) is 19.9. The van der Waals surface area contributed by atoms with Gasteiger partial charge in [-0.05, 0) is 49.9 Å². The summed E-state index contributed by atoms with van der Waals surface area (Å²) in [7, 11) is -3.66. The van der Waals surface area contributed by atoms with E-state index in [9.17, 15) is 13.2 Å². The van der Waals surface area contributed by atoms with Crippen LogP contribution in [0.1, 0.15) is 42.1 Å². The second kappa shape index (κ2) is 8.86. The van der Waals surface area contributed by atoms with Crippen molar-refractivity contribution >= 4 is 27.3 Å². The van der Waals surface area contributed by atoms with Crippen molar-refractivity contribution in [2.45, 2.75) is 36.9 Å². The Hall–Kier alpha value is -1.90. The van der Waals surface area contributed by atoms with Gasteiger partial charge < -0.3 is 9.64 Å². The molecule has 1 fully saturated rings. The molecular weight excluding hydrogens is 384 g/mol. The van der Waals surface area contributed by atoms with Crippen LogP contribution in [0, 0.1) is 0 Å². The molecule has 27 heavy (non-hydrogen) atoms. The number of thiophene rings is 1. The molecule has 1 aromatic heterocycles. The number of hydrogen-bond donors (Lipinski definition) is 1. The van der Waals surface area contributed by atoms with Crippen molar-refractivity contribution in [1.29, 1.82) is 0 Å². The minimum absolute atomic E-state index is 0.0843. The summed E-state index contributed by atoms with van der Waals surface area (Å²) in [5.41, 5.74) is 1.28. The van der Waals surface area contributed by atoms with Crippen LogP contribution in [0.4, 0.5) is 0 Å². The number of carbonyl (C=O) groups is 1. The van der Waals surface area contributed by atoms with Crippen LogP contribution in [0.25, 0.3) is 0 Å². The third-order valence-electron chi connectivity index (χ3n) is 4.43. The molecule has 1 saturated heterocycles. The molecule has 1 aromatic carbocycles. The molecular formula is C19H24N2O4S2. The van der Waals surface area contributed by atoms with E-state index in [0.29, 0.717) is 12.2 Å². The molecule has 8 heteroatoms. The number of carbonyl (C=O) groups excluding carboxylic acids is 1. The topological polar surface area (TPSA) is 75.7 Å². The van der Waals surface area contributed by atoms with Crippen LogP contribution in [0.2, 0.25) is 0 Å². The molecule has 0 spiro atoms. The summed E-state index contributed by atoms with van der Waals surface area (Å²) in [5.74, 6) is 0.669. The molecule has 1 N–H and O–H groups in total. The van der Waals surface area contributed by atoms with Crippen molar-refractivity contribution in [3.8, 4) is 5.75 Å². The highest BCUT2D eigenvalue weighted by atomic mass is 32.2. The highest BCUT2D eigenvalue weighted by molar-refractivity contribution is 7.91. The van der Waals surface area contributed by atoms with Gasteiger partial charge in [-0.15, -0.1) is 11.3 Å². The lowest BCUT2D eigenvalue weighted by Gasteiger charge is -2.26. The molecule has 0 aliphatic carbocycles. The minimum atomic E-state index is -3.66. The summed E-state index contributed by atoms with van der Waals surface area (Å²) in [5, 5.41) is 1.63. The van der Waals surface area contributed by atoms with Gasteiger partial charge in [-0.25, -0.2) is 13.1 Å². The summed E-state index contributed by atoms with van der Waals surface area (Å²) in [6.45, 7) is 4.16. The summed E-state index contributed by atoms with van der Waals surface area (Å²) in [6.07, 6.45) is 3.15. The fourth-order valence-corrected chi connectivity index (χ4v) is 5.18. The van der Waals surface area contributed by atoms with Gasteiger partial charge in [-0.3, -0.25) is 4.79 Å². The van der Waals surface area contributed by atoms with Gasteiger partial charge in [0.25, 0.3) is 5.91 Å². The number of sulfonamides is 1. The molecule has 0 unspecified atom stereocenters. The lowest BCUT2D eigenvalue weighted by molar-refractivity contribution is 0.0725. The van der Waals surface area contributed by atoms with Gasteiger partial charge in [0.15, 0.2) is 0 Å². The Labute approximate surface area is 164 Å². The van der Waals surface area contributed by atoms with Gasteiger partial charge in [0.1, 0.15) is 9.96 Å². The number of amides is 1. The van der Waals surface area contributed by atoms with E-state index in [1.54, 1.807) is 10.3 Å². The van der Waals surface area contributed by atoms with Crippen LogP contribution in [0.3, 0.4) is 0 Å². The third-order valence-corrected chi connectivity index (χ3v) is 7.27. The van der Waals surface area contributed by atoms with E-state index in [2.05, 4.69) is 4.72 Å². The standard InChI is InChI=1S/C19H24N2O4S2/c1-2-25-17-8-6-15(7-9-17)13-20-27(23,24)18-12-16(14-26-18)19(22)21-10-4-3-5-11-21/h6-9,12,14,20H,2-5,10-11,13H2,1H3. The predicted molar refractivity (Wildman–Crippen MR) is 106 cm³/mol. The Morgan fingerprint density at radius 1 is 1.19 bits per heavy atom. The molecule has 1 aliphatic heterocycles. The lowest BCUT2D eigenvalue weighted by Crippen LogP contribution is -2.35. The van der Waals surface area contributed by atoms with Gasteiger partial charge in [0, 0.05) is 25.0 Å². The molecule has 0 radical (unpaired) electrons. The number of rotatable bonds is 7. The van der Waals surface area contributed by atoms with Gasteiger partial charge in [-0.1, -0.05) is 12.1 Å². The Kier molecular flexibility index (Phi) is 6.51. The summed E-state index contributed by atoms with van der Waals surface area (Å²) in [4.78, 5) is 14.3. The van der Waals surface area contributed by atoms with Crippen LogP contribution in [-0.4, -0.2) is 38.9 Å². The van der Waals surface area contributed by atoms with Crippen molar-refractivity contribution in [3.63, 3.8) is 0 Å². The van der Waals surface area contributed by atoms with E-state index < -0.39 is 10.0 Å². The fraction of sp³-hybridized carbons (Fsp3) is 0.421. The Balaban J connectivity index is 1.63. The first-order valence-corrected chi connectivity index (χ1v) is 11.4. The van der Waals surface area contributed by atoms with E-state index in [1.807, 2.05) is 31.2 Å². The fourth-order valence-electron chi connectivity index (χ4n) is 2.97. The first-order valence-electron chi connectivity index (χ1n) is 9.09. The zero-order valence-electron chi connectivity index (χ0n) is 15.3. The summed E-state index contributed by atoms with van der Waals surface area (Å²) >= 11 is 1.08. The number of ether oxygens (including phenoxy) is 1. The largest absolute Gasteiger partial charge is 0.494 e. The number of hydrogen-bond acceptors (Lipinski definition) is 5. The SMILES string of the molecule is CCOc1ccc(CNS(=O)(=O)c2cc(C(=O)N3CCCCC3)cs2)cc1. The van der Waals surface area contributed by atoms with E-state index in [4.69, 9.17) is 4.74 Å². The zero-order chi connectivity index (χ0) is 19.3. The van der Waals surface area contributed by atoms with Crippen LogP contribution in [0.5, 0.6) is 5.75 Å². The molecule has 2 heterocycles. The Morgan fingerprint density at radius 3 is 2.56 bits per heavy atom. The third kappa shape index (κ3) is 5.09. The second-order valence-corrected chi connectivity index (χ2v) is 9.31. The van der Waals surface area contributed by atoms with E-state index in [1.165, 1.54) is 6.07 Å². The molecule has 6 nitrogen and oxygen atoms in total.